The fraction of sp³-hybridized carbons (Fsp3) is 0. The zero-order valence-electron chi connectivity index (χ0n) is 8.39. The Hall–Kier alpha value is -1.53. The summed E-state index contributed by atoms with van der Waals surface area (Å²) in [6, 6.07) is 4.88. The number of nitrogens with one attached hydrogen (secondary N) is 1. The molecule has 0 saturated carbocycles. The number of anilines is 1. The van der Waals surface area contributed by atoms with Crippen LogP contribution >= 0.6 is 27.5 Å². The van der Waals surface area contributed by atoms with Crippen LogP contribution in [0.25, 0.3) is 0 Å². The molecule has 2 rings (SSSR count). The number of hydrogen-bond acceptors (Lipinski definition) is 4. The van der Waals surface area contributed by atoms with Gasteiger partial charge in [-0.2, -0.15) is 5.10 Å². The number of amides is 1. The van der Waals surface area contributed by atoms with Crippen molar-refractivity contribution in [3.05, 3.63) is 45.7 Å². The lowest BCUT2D eigenvalue weighted by atomic mass is 10.2. The minimum absolute atomic E-state index is 0.152. The maximum atomic E-state index is 11.9. The van der Waals surface area contributed by atoms with Crippen LogP contribution in [0.5, 0.6) is 0 Å². The number of carbonyl (C=O) groups is 1. The second-order valence-electron chi connectivity index (χ2n) is 3.04. The van der Waals surface area contributed by atoms with Gasteiger partial charge < -0.3 is 0 Å². The number of hydrogen-bond donors (Lipinski definition) is 1. The summed E-state index contributed by atoms with van der Waals surface area (Å²) in [4.78, 5) is 15.7. The molecule has 0 radical (unpaired) electrons. The first-order chi connectivity index (χ1) is 8.16. The Labute approximate surface area is 110 Å². The SMILES string of the molecule is O=C(Nc1nccnn1)c1ccc(Cl)cc1Br. The molecule has 0 atom stereocenters. The largest absolute Gasteiger partial charge is 0.289 e. The minimum Gasteiger partial charge on any atom is -0.289 e. The molecule has 1 aromatic carbocycles. The zero-order valence-corrected chi connectivity index (χ0v) is 10.7. The van der Waals surface area contributed by atoms with Crippen molar-refractivity contribution in [1.82, 2.24) is 15.2 Å². The van der Waals surface area contributed by atoms with Gasteiger partial charge in [-0.1, -0.05) is 11.6 Å². The molecule has 0 aliphatic carbocycles. The van der Waals surface area contributed by atoms with Crippen molar-refractivity contribution in [2.75, 3.05) is 5.32 Å². The van der Waals surface area contributed by atoms with Gasteiger partial charge in [-0.25, -0.2) is 4.98 Å². The average Bonchev–Trinajstić information content (AvgIpc) is 2.30. The molecule has 86 valence electrons. The van der Waals surface area contributed by atoms with E-state index in [0.29, 0.717) is 15.1 Å². The predicted molar refractivity (Wildman–Crippen MR) is 66.9 cm³/mol. The summed E-state index contributed by atoms with van der Waals surface area (Å²) in [5, 5.41) is 10.3. The summed E-state index contributed by atoms with van der Waals surface area (Å²) in [7, 11) is 0. The van der Waals surface area contributed by atoms with Crippen LogP contribution in [0.15, 0.2) is 35.1 Å². The molecule has 1 amide bonds. The van der Waals surface area contributed by atoms with E-state index in [4.69, 9.17) is 11.6 Å². The third kappa shape index (κ3) is 2.98. The number of benzene rings is 1. The lowest BCUT2D eigenvalue weighted by Crippen LogP contribution is -2.14. The summed E-state index contributed by atoms with van der Waals surface area (Å²) in [6.07, 6.45) is 2.87. The molecule has 1 aromatic heterocycles. The van der Waals surface area contributed by atoms with Crippen LogP contribution in [-0.4, -0.2) is 21.1 Å². The van der Waals surface area contributed by atoms with Gasteiger partial charge in [0.1, 0.15) is 0 Å². The van der Waals surface area contributed by atoms with Gasteiger partial charge in [0.15, 0.2) is 0 Å². The number of carbonyl (C=O) groups excluding carboxylic acids is 1. The smallest absolute Gasteiger partial charge is 0.259 e. The normalized spacial score (nSPS) is 10.0. The van der Waals surface area contributed by atoms with E-state index in [2.05, 4.69) is 36.4 Å². The molecule has 1 N–H and O–H groups in total. The van der Waals surface area contributed by atoms with Crippen molar-refractivity contribution >= 4 is 39.4 Å². The minimum atomic E-state index is -0.332. The van der Waals surface area contributed by atoms with E-state index in [1.165, 1.54) is 12.4 Å². The van der Waals surface area contributed by atoms with E-state index in [-0.39, 0.29) is 11.9 Å². The second-order valence-corrected chi connectivity index (χ2v) is 4.34. The van der Waals surface area contributed by atoms with Gasteiger partial charge in [-0.3, -0.25) is 10.1 Å². The molecule has 0 fully saturated rings. The van der Waals surface area contributed by atoms with Crippen LogP contribution in [0.2, 0.25) is 5.02 Å². The number of rotatable bonds is 2. The Morgan fingerprint density at radius 3 is 2.82 bits per heavy atom. The van der Waals surface area contributed by atoms with Gasteiger partial charge >= 0.3 is 0 Å². The standard InChI is InChI=1S/C10H6BrClN4O/c11-8-5-6(12)1-2-7(8)9(17)15-10-13-3-4-14-16-10/h1-5H,(H,13,15,16,17). The lowest BCUT2D eigenvalue weighted by Gasteiger charge is -2.04. The van der Waals surface area contributed by atoms with E-state index in [1.807, 2.05) is 0 Å². The zero-order chi connectivity index (χ0) is 12.3. The van der Waals surface area contributed by atoms with E-state index in [1.54, 1.807) is 18.2 Å². The van der Waals surface area contributed by atoms with Crippen molar-refractivity contribution in [2.45, 2.75) is 0 Å². The highest BCUT2D eigenvalue weighted by atomic mass is 79.9. The summed E-state index contributed by atoms with van der Waals surface area (Å²) < 4.78 is 0.603. The molecular weight excluding hydrogens is 307 g/mol. The molecule has 7 heteroatoms. The second kappa shape index (κ2) is 5.20. The molecule has 0 saturated heterocycles. The molecule has 0 aliphatic rings. The highest BCUT2D eigenvalue weighted by Gasteiger charge is 2.11. The monoisotopic (exact) mass is 312 g/mol. The van der Waals surface area contributed by atoms with Gasteiger partial charge in [0.25, 0.3) is 5.91 Å². The first-order valence-corrected chi connectivity index (χ1v) is 5.74. The van der Waals surface area contributed by atoms with Gasteiger partial charge in [0.2, 0.25) is 5.95 Å². The van der Waals surface area contributed by atoms with Gasteiger partial charge in [0.05, 0.1) is 18.0 Å². The maximum Gasteiger partial charge on any atom is 0.259 e. The van der Waals surface area contributed by atoms with Crippen LogP contribution < -0.4 is 5.32 Å². The van der Waals surface area contributed by atoms with Crippen molar-refractivity contribution in [2.24, 2.45) is 0 Å². The molecule has 0 unspecified atom stereocenters. The highest BCUT2D eigenvalue weighted by Crippen LogP contribution is 2.21. The fourth-order valence-corrected chi connectivity index (χ4v) is 2.01. The van der Waals surface area contributed by atoms with E-state index in [9.17, 15) is 4.79 Å². The van der Waals surface area contributed by atoms with Crippen LogP contribution in [0.1, 0.15) is 10.4 Å². The topological polar surface area (TPSA) is 67.8 Å². The predicted octanol–water partition coefficient (Wildman–Crippen LogP) is 2.54. The first-order valence-electron chi connectivity index (χ1n) is 4.57. The lowest BCUT2D eigenvalue weighted by molar-refractivity contribution is 0.102. The maximum absolute atomic E-state index is 11.9. The average molecular weight is 314 g/mol. The summed E-state index contributed by atoms with van der Waals surface area (Å²) >= 11 is 9.04. The molecule has 1 heterocycles. The van der Waals surface area contributed by atoms with Crippen molar-refractivity contribution in [3.8, 4) is 0 Å². The van der Waals surface area contributed by atoms with Crippen molar-refractivity contribution in [3.63, 3.8) is 0 Å². The van der Waals surface area contributed by atoms with Gasteiger partial charge in [-0.05, 0) is 34.1 Å². The third-order valence-electron chi connectivity index (χ3n) is 1.88. The summed E-state index contributed by atoms with van der Waals surface area (Å²) in [5.41, 5.74) is 0.446. The molecule has 0 spiro atoms. The Kier molecular flexibility index (Phi) is 3.65. The summed E-state index contributed by atoms with van der Waals surface area (Å²) in [5.74, 6) is -0.180. The van der Waals surface area contributed by atoms with Gasteiger partial charge in [0, 0.05) is 9.50 Å². The number of halogens is 2. The van der Waals surface area contributed by atoms with Crippen LogP contribution in [-0.2, 0) is 0 Å². The van der Waals surface area contributed by atoms with Crippen molar-refractivity contribution < 1.29 is 4.79 Å². The Balaban J connectivity index is 2.21. The van der Waals surface area contributed by atoms with Crippen LogP contribution in [0.4, 0.5) is 5.95 Å². The van der Waals surface area contributed by atoms with Crippen LogP contribution in [0.3, 0.4) is 0 Å². The fourth-order valence-electron chi connectivity index (χ4n) is 1.15. The Morgan fingerprint density at radius 2 is 2.18 bits per heavy atom. The molecule has 0 aliphatic heterocycles. The third-order valence-corrected chi connectivity index (χ3v) is 2.77. The van der Waals surface area contributed by atoms with Crippen LogP contribution in [0, 0.1) is 0 Å². The Bertz CT molecular complexity index is 549. The Morgan fingerprint density at radius 1 is 1.35 bits per heavy atom. The van der Waals surface area contributed by atoms with Gasteiger partial charge in [-0.15, -0.1) is 5.10 Å². The van der Waals surface area contributed by atoms with E-state index >= 15 is 0 Å². The van der Waals surface area contributed by atoms with E-state index < -0.39 is 0 Å². The highest BCUT2D eigenvalue weighted by molar-refractivity contribution is 9.10. The molecular formula is C10H6BrClN4O. The molecule has 5 nitrogen and oxygen atoms in total. The molecule has 17 heavy (non-hydrogen) atoms. The first kappa shape index (κ1) is 11.9. The molecule has 2 aromatic rings. The van der Waals surface area contributed by atoms with E-state index in [0.717, 1.165) is 0 Å². The quantitative estimate of drug-likeness (QED) is 0.925. The molecule has 0 bridgehead atoms. The number of nitrogens with zero attached hydrogens (tertiary/aromatic N) is 3. The van der Waals surface area contributed by atoms with Crippen molar-refractivity contribution in [1.29, 1.82) is 0 Å². The summed E-state index contributed by atoms with van der Waals surface area (Å²) in [6.45, 7) is 0. The number of aromatic nitrogens is 3.